The van der Waals surface area contributed by atoms with Gasteiger partial charge >= 0.3 is 29.6 Å². The molecule has 0 radical (unpaired) electrons. The topological polar surface area (TPSA) is 40.1 Å². The van der Waals surface area contributed by atoms with Crippen molar-refractivity contribution in [3.63, 3.8) is 0 Å². The maximum atomic E-state index is 10.9. The van der Waals surface area contributed by atoms with Crippen LogP contribution in [-0.2, 0) is 4.79 Å². The molecule has 0 aromatic rings. The van der Waals surface area contributed by atoms with Crippen molar-refractivity contribution in [2.24, 2.45) is 5.41 Å². The van der Waals surface area contributed by atoms with Crippen molar-refractivity contribution in [2.75, 3.05) is 0 Å². The van der Waals surface area contributed by atoms with E-state index in [1.165, 1.54) is 77.0 Å². The van der Waals surface area contributed by atoms with Gasteiger partial charge in [0.25, 0.3) is 0 Å². The minimum absolute atomic E-state index is 0. The normalized spacial score (nSPS) is 11.3. The van der Waals surface area contributed by atoms with Crippen LogP contribution in [0.1, 0.15) is 117 Å². The van der Waals surface area contributed by atoms with E-state index in [9.17, 15) is 9.90 Å². The first-order chi connectivity index (χ1) is 10.5. The Kier molecular flexibility index (Phi) is 19.3. The number of carboxylic acids is 1. The van der Waals surface area contributed by atoms with Gasteiger partial charge in [0, 0.05) is 11.4 Å². The molecule has 0 aromatic heterocycles. The Morgan fingerprint density at radius 3 is 1.30 bits per heavy atom. The quantitative estimate of drug-likeness (QED) is 0.322. The van der Waals surface area contributed by atoms with Crippen molar-refractivity contribution in [1.82, 2.24) is 0 Å². The van der Waals surface area contributed by atoms with Crippen LogP contribution in [0, 0.1) is 5.41 Å². The molecule has 0 saturated carbocycles. The molecule has 0 N–H and O–H groups in total. The van der Waals surface area contributed by atoms with E-state index in [2.05, 4.69) is 6.92 Å². The Balaban J connectivity index is 0. The van der Waals surface area contributed by atoms with Crippen LogP contribution in [0.2, 0.25) is 0 Å². The summed E-state index contributed by atoms with van der Waals surface area (Å²) < 4.78 is 0. The zero-order valence-corrected chi connectivity index (χ0v) is 18.4. The SMILES string of the molecule is CCCCCCCCCCCCCCCCC(C)(C)C(=O)[O-].[Na+]. The van der Waals surface area contributed by atoms with E-state index in [0.29, 0.717) is 0 Å². The van der Waals surface area contributed by atoms with Crippen molar-refractivity contribution < 1.29 is 39.5 Å². The number of hydrogen-bond donors (Lipinski definition) is 0. The maximum Gasteiger partial charge on any atom is 1.00 e. The van der Waals surface area contributed by atoms with Crippen molar-refractivity contribution in [2.45, 2.75) is 117 Å². The molecule has 0 aliphatic carbocycles. The summed E-state index contributed by atoms with van der Waals surface area (Å²) in [5.41, 5.74) is -0.656. The van der Waals surface area contributed by atoms with Crippen molar-refractivity contribution in [3.05, 3.63) is 0 Å². The van der Waals surface area contributed by atoms with Gasteiger partial charge in [-0.15, -0.1) is 0 Å². The van der Waals surface area contributed by atoms with E-state index < -0.39 is 11.4 Å². The molecule has 0 aliphatic rings. The smallest absolute Gasteiger partial charge is 0.550 e. The molecule has 0 bridgehead atoms. The molecule has 0 saturated heterocycles. The molecule has 0 fully saturated rings. The molecule has 0 aliphatic heterocycles. The van der Waals surface area contributed by atoms with E-state index in [-0.39, 0.29) is 29.6 Å². The molecule has 0 atom stereocenters. The van der Waals surface area contributed by atoms with E-state index in [1.54, 1.807) is 13.8 Å². The first kappa shape index (κ1) is 25.7. The number of carbonyl (C=O) groups is 1. The minimum Gasteiger partial charge on any atom is -0.550 e. The number of aliphatic carboxylic acids is 1. The van der Waals surface area contributed by atoms with Gasteiger partial charge in [0.05, 0.1) is 0 Å². The summed E-state index contributed by atoms with van der Waals surface area (Å²) in [6.07, 6.45) is 19.4. The summed E-state index contributed by atoms with van der Waals surface area (Å²) in [5.74, 6) is -0.915. The van der Waals surface area contributed by atoms with Gasteiger partial charge in [0.1, 0.15) is 0 Å². The van der Waals surface area contributed by atoms with Gasteiger partial charge in [-0.2, -0.15) is 0 Å². The summed E-state index contributed by atoms with van der Waals surface area (Å²) in [5, 5.41) is 10.9. The number of unbranched alkanes of at least 4 members (excludes halogenated alkanes) is 13. The van der Waals surface area contributed by atoms with Crippen molar-refractivity contribution in [1.29, 1.82) is 0 Å². The number of carbonyl (C=O) groups excluding carboxylic acids is 1. The molecule has 0 amide bonds. The average molecular weight is 335 g/mol. The summed E-state index contributed by atoms with van der Waals surface area (Å²) in [4.78, 5) is 10.9. The van der Waals surface area contributed by atoms with Gasteiger partial charge in [-0.05, 0) is 6.42 Å². The average Bonchev–Trinajstić information content (AvgIpc) is 2.47. The third-order valence-corrected chi connectivity index (χ3v) is 4.71. The molecule has 0 rings (SSSR count). The number of hydrogen-bond acceptors (Lipinski definition) is 2. The predicted octanol–water partition coefficient (Wildman–Crippen LogP) is 2.64. The Hall–Kier alpha value is 0.470. The van der Waals surface area contributed by atoms with Crippen LogP contribution in [0.15, 0.2) is 0 Å². The fourth-order valence-corrected chi connectivity index (χ4v) is 2.86. The maximum absolute atomic E-state index is 10.9. The summed E-state index contributed by atoms with van der Waals surface area (Å²) in [6.45, 7) is 5.80. The van der Waals surface area contributed by atoms with Gasteiger partial charge in [0.15, 0.2) is 0 Å². The Labute approximate surface area is 167 Å². The molecule has 23 heavy (non-hydrogen) atoms. The molecule has 0 unspecified atom stereocenters. The fourth-order valence-electron chi connectivity index (χ4n) is 2.86. The van der Waals surface area contributed by atoms with Crippen LogP contribution >= 0.6 is 0 Å². The Morgan fingerprint density at radius 2 is 1.00 bits per heavy atom. The second kappa shape index (κ2) is 17.3. The zero-order chi connectivity index (χ0) is 16.7. The molecule has 0 heterocycles. The first-order valence-corrected chi connectivity index (χ1v) is 9.72. The zero-order valence-electron chi connectivity index (χ0n) is 16.4. The summed E-state index contributed by atoms with van der Waals surface area (Å²) in [7, 11) is 0. The first-order valence-electron chi connectivity index (χ1n) is 9.72. The molecule has 2 nitrogen and oxygen atoms in total. The molecule has 3 heteroatoms. The molecule has 0 aromatic carbocycles. The third kappa shape index (κ3) is 17.1. The largest absolute Gasteiger partial charge is 1.00 e. The standard InChI is InChI=1S/C20H40O2.Na/c1-4-5-6-7-8-9-10-11-12-13-14-15-16-17-18-20(2,3)19(21)22;/h4-18H2,1-3H3,(H,21,22);/q;+1/p-1. The van der Waals surface area contributed by atoms with Gasteiger partial charge < -0.3 is 9.90 Å². The van der Waals surface area contributed by atoms with E-state index in [1.807, 2.05) is 0 Å². The van der Waals surface area contributed by atoms with Crippen LogP contribution < -0.4 is 34.7 Å². The van der Waals surface area contributed by atoms with Gasteiger partial charge in [0.2, 0.25) is 0 Å². The second-order valence-corrected chi connectivity index (χ2v) is 7.52. The van der Waals surface area contributed by atoms with Gasteiger partial charge in [-0.3, -0.25) is 0 Å². The van der Waals surface area contributed by atoms with Crippen LogP contribution in [0.25, 0.3) is 0 Å². The summed E-state index contributed by atoms with van der Waals surface area (Å²) in [6, 6.07) is 0. The molecular weight excluding hydrogens is 295 g/mol. The van der Waals surface area contributed by atoms with Gasteiger partial charge in [-0.25, -0.2) is 0 Å². The molecule has 132 valence electrons. The van der Waals surface area contributed by atoms with Crippen molar-refractivity contribution >= 4 is 5.97 Å². The number of carboxylic acid groups (broad SMARTS) is 1. The molecular formula is C20H39NaO2. The summed E-state index contributed by atoms with van der Waals surface area (Å²) >= 11 is 0. The Bertz CT molecular complexity index is 264. The van der Waals surface area contributed by atoms with E-state index in [0.717, 1.165) is 19.3 Å². The third-order valence-electron chi connectivity index (χ3n) is 4.71. The van der Waals surface area contributed by atoms with Gasteiger partial charge in [-0.1, -0.05) is 111 Å². The minimum atomic E-state index is -0.915. The second-order valence-electron chi connectivity index (χ2n) is 7.52. The fraction of sp³-hybridized carbons (Fsp3) is 0.950. The van der Waals surface area contributed by atoms with Crippen LogP contribution in [0.4, 0.5) is 0 Å². The van der Waals surface area contributed by atoms with Crippen molar-refractivity contribution in [3.8, 4) is 0 Å². The van der Waals surface area contributed by atoms with E-state index >= 15 is 0 Å². The molecule has 0 spiro atoms. The number of rotatable bonds is 16. The van der Waals surface area contributed by atoms with E-state index in [4.69, 9.17) is 0 Å². The van der Waals surface area contributed by atoms with Crippen LogP contribution in [-0.4, -0.2) is 5.97 Å². The Morgan fingerprint density at radius 1 is 0.696 bits per heavy atom. The van der Waals surface area contributed by atoms with Crippen LogP contribution in [0.3, 0.4) is 0 Å². The monoisotopic (exact) mass is 334 g/mol. The van der Waals surface area contributed by atoms with Crippen LogP contribution in [0.5, 0.6) is 0 Å². The predicted molar refractivity (Wildman–Crippen MR) is 93.7 cm³/mol.